The molecular formula is C14H20O4. The zero-order chi connectivity index (χ0) is 13.9. The lowest BCUT2D eigenvalue weighted by Gasteiger charge is -2.22. The highest BCUT2D eigenvalue weighted by Gasteiger charge is 2.26. The van der Waals surface area contributed by atoms with Crippen LogP contribution in [0.3, 0.4) is 0 Å². The topological polar surface area (TPSA) is 66.8 Å². The minimum Gasteiger partial charge on any atom is -0.479 e. The molecule has 1 aromatic carbocycles. The van der Waals surface area contributed by atoms with Crippen molar-refractivity contribution in [3.05, 3.63) is 34.9 Å². The first-order valence-corrected chi connectivity index (χ1v) is 5.96. The molecule has 4 nitrogen and oxygen atoms in total. The van der Waals surface area contributed by atoms with Gasteiger partial charge in [-0.2, -0.15) is 0 Å². The van der Waals surface area contributed by atoms with E-state index in [9.17, 15) is 15.0 Å². The monoisotopic (exact) mass is 252 g/mol. The Morgan fingerprint density at radius 3 is 2.33 bits per heavy atom. The van der Waals surface area contributed by atoms with Crippen molar-refractivity contribution in [3.8, 4) is 0 Å². The predicted octanol–water partition coefficient (Wildman–Crippen LogP) is 2.22. The van der Waals surface area contributed by atoms with Gasteiger partial charge in [0.05, 0.1) is 12.2 Å². The number of aliphatic carboxylic acids is 1. The first-order valence-electron chi connectivity index (χ1n) is 5.96. The number of aliphatic hydroxyl groups excluding tert-OH is 1. The summed E-state index contributed by atoms with van der Waals surface area (Å²) in [5.74, 6) is -1.05. The molecule has 0 fully saturated rings. The van der Waals surface area contributed by atoms with Gasteiger partial charge in [-0.3, -0.25) is 0 Å². The summed E-state index contributed by atoms with van der Waals surface area (Å²) in [4.78, 5) is 11.3. The molecule has 0 aromatic heterocycles. The maximum absolute atomic E-state index is 11.3. The van der Waals surface area contributed by atoms with E-state index < -0.39 is 24.3 Å². The second-order valence-electron chi connectivity index (χ2n) is 4.66. The molecule has 3 unspecified atom stereocenters. The number of hydrogen-bond acceptors (Lipinski definition) is 3. The molecule has 0 saturated carbocycles. The van der Waals surface area contributed by atoms with Crippen molar-refractivity contribution in [1.29, 1.82) is 0 Å². The van der Waals surface area contributed by atoms with E-state index in [-0.39, 0.29) is 0 Å². The molecule has 3 atom stereocenters. The number of carboxylic acid groups (broad SMARTS) is 1. The molecule has 0 aliphatic heterocycles. The van der Waals surface area contributed by atoms with Crippen molar-refractivity contribution in [2.45, 2.75) is 46.0 Å². The second-order valence-corrected chi connectivity index (χ2v) is 4.66. The maximum atomic E-state index is 11.3. The summed E-state index contributed by atoms with van der Waals surface area (Å²) in [7, 11) is 0. The molecule has 0 heterocycles. The van der Waals surface area contributed by atoms with E-state index >= 15 is 0 Å². The highest BCUT2D eigenvalue weighted by atomic mass is 16.5. The van der Waals surface area contributed by atoms with Crippen LogP contribution >= 0.6 is 0 Å². The Labute approximate surface area is 107 Å². The molecule has 100 valence electrons. The summed E-state index contributed by atoms with van der Waals surface area (Å²) in [6, 6.07) is 5.54. The van der Waals surface area contributed by atoms with Crippen LogP contribution in [0.2, 0.25) is 0 Å². The van der Waals surface area contributed by atoms with E-state index in [1.54, 1.807) is 19.9 Å². The maximum Gasteiger partial charge on any atom is 0.337 e. The summed E-state index contributed by atoms with van der Waals surface area (Å²) in [5.41, 5.74) is 2.57. The van der Waals surface area contributed by atoms with E-state index in [1.807, 2.05) is 26.0 Å². The summed E-state index contributed by atoms with van der Waals surface area (Å²) >= 11 is 0. The third kappa shape index (κ3) is 3.55. The Morgan fingerprint density at radius 2 is 1.89 bits per heavy atom. The summed E-state index contributed by atoms with van der Waals surface area (Å²) < 4.78 is 5.43. The quantitative estimate of drug-likeness (QED) is 0.843. The van der Waals surface area contributed by atoms with E-state index in [2.05, 4.69) is 0 Å². The van der Waals surface area contributed by atoms with Crippen molar-refractivity contribution in [3.63, 3.8) is 0 Å². The number of carboxylic acids is 1. The number of benzene rings is 1. The molecule has 18 heavy (non-hydrogen) atoms. The fourth-order valence-corrected chi connectivity index (χ4v) is 1.71. The van der Waals surface area contributed by atoms with Gasteiger partial charge in [-0.05, 0) is 38.8 Å². The molecule has 2 N–H and O–H groups in total. The van der Waals surface area contributed by atoms with Crippen LogP contribution < -0.4 is 0 Å². The SMILES string of the molecule is Cc1ccc(C(OC(C)C(C)O)C(=O)O)c(C)c1. The lowest BCUT2D eigenvalue weighted by molar-refractivity contribution is -0.158. The van der Waals surface area contributed by atoms with Crippen molar-refractivity contribution in [2.75, 3.05) is 0 Å². The molecule has 0 spiro atoms. The molecule has 0 aliphatic carbocycles. The van der Waals surface area contributed by atoms with Crippen molar-refractivity contribution in [1.82, 2.24) is 0 Å². The summed E-state index contributed by atoms with van der Waals surface area (Å²) in [5, 5.41) is 18.6. The first kappa shape index (κ1) is 14.7. The molecule has 0 aliphatic rings. The van der Waals surface area contributed by atoms with Crippen LogP contribution in [0.25, 0.3) is 0 Å². The third-order valence-electron chi connectivity index (χ3n) is 2.96. The number of aliphatic hydroxyl groups is 1. The zero-order valence-electron chi connectivity index (χ0n) is 11.2. The average molecular weight is 252 g/mol. The van der Waals surface area contributed by atoms with Gasteiger partial charge in [0.25, 0.3) is 0 Å². The average Bonchev–Trinajstić information content (AvgIpc) is 2.26. The first-order chi connectivity index (χ1) is 8.32. The minimum atomic E-state index is -1.05. The molecule has 0 amide bonds. The highest BCUT2D eigenvalue weighted by Crippen LogP contribution is 2.24. The van der Waals surface area contributed by atoms with Gasteiger partial charge in [0.2, 0.25) is 0 Å². The van der Waals surface area contributed by atoms with Crippen LogP contribution in [0.1, 0.15) is 36.6 Å². The van der Waals surface area contributed by atoms with E-state index in [4.69, 9.17) is 4.74 Å². The Kier molecular flexibility index (Phi) is 4.87. The Morgan fingerprint density at radius 1 is 1.28 bits per heavy atom. The standard InChI is InChI=1S/C14H20O4/c1-8-5-6-12(9(2)7-8)13(14(16)17)18-11(4)10(3)15/h5-7,10-11,13,15H,1-4H3,(H,16,17). The molecule has 1 rings (SSSR count). The van der Waals surface area contributed by atoms with Crippen LogP contribution in [-0.2, 0) is 9.53 Å². The van der Waals surface area contributed by atoms with Crippen LogP contribution in [0.5, 0.6) is 0 Å². The van der Waals surface area contributed by atoms with Gasteiger partial charge < -0.3 is 14.9 Å². The van der Waals surface area contributed by atoms with Gasteiger partial charge >= 0.3 is 5.97 Å². The Balaban J connectivity index is 3.01. The lowest BCUT2D eigenvalue weighted by Crippen LogP contribution is -2.28. The molecule has 4 heteroatoms. The van der Waals surface area contributed by atoms with E-state index in [1.165, 1.54) is 0 Å². The fourth-order valence-electron chi connectivity index (χ4n) is 1.71. The van der Waals surface area contributed by atoms with Gasteiger partial charge in [-0.1, -0.05) is 23.8 Å². The number of ether oxygens (including phenoxy) is 1. The van der Waals surface area contributed by atoms with Gasteiger partial charge in [-0.15, -0.1) is 0 Å². The van der Waals surface area contributed by atoms with Crippen LogP contribution in [0.15, 0.2) is 18.2 Å². The largest absolute Gasteiger partial charge is 0.479 e. The molecule has 1 aromatic rings. The van der Waals surface area contributed by atoms with Crippen molar-refractivity contribution < 1.29 is 19.7 Å². The van der Waals surface area contributed by atoms with Crippen LogP contribution in [0, 0.1) is 13.8 Å². The van der Waals surface area contributed by atoms with Crippen molar-refractivity contribution in [2.24, 2.45) is 0 Å². The third-order valence-corrected chi connectivity index (χ3v) is 2.96. The highest BCUT2D eigenvalue weighted by molar-refractivity contribution is 5.75. The molecular weight excluding hydrogens is 232 g/mol. The fraction of sp³-hybridized carbons (Fsp3) is 0.500. The number of rotatable bonds is 5. The summed E-state index contributed by atoms with van der Waals surface area (Å²) in [6.45, 7) is 7.04. The van der Waals surface area contributed by atoms with Crippen LogP contribution in [-0.4, -0.2) is 28.4 Å². The van der Waals surface area contributed by atoms with E-state index in [0.29, 0.717) is 5.56 Å². The van der Waals surface area contributed by atoms with Gasteiger partial charge in [-0.25, -0.2) is 4.79 Å². The number of aryl methyl sites for hydroxylation is 2. The zero-order valence-corrected chi connectivity index (χ0v) is 11.2. The predicted molar refractivity (Wildman–Crippen MR) is 68.5 cm³/mol. The smallest absolute Gasteiger partial charge is 0.337 e. The van der Waals surface area contributed by atoms with Gasteiger partial charge in [0, 0.05) is 0 Å². The normalized spacial score (nSPS) is 16.1. The minimum absolute atomic E-state index is 0.535. The second kappa shape index (κ2) is 5.98. The molecule has 0 radical (unpaired) electrons. The van der Waals surface area contributed by atoms with Gasteiger partial charge in [0.15, 0.2) is 6.10 Å². The van der Waals surface area contributed by atoms with Gasteiger partial charge in [0.1, 0.15) is 0 Å². The Hall–Kier alpha value is -1.39. The molecule has 0 saturated heterocycles. The number of hydrogen-bond donors (Lipinski definition) is 2. The Bertz CT molecular complexity index is 426. The lowest BCUT2D eigenvalue weighted by atomic mass is 10.0. The van der Waals surface area contributed by atoms with E-state index in [0.717, 1.165) is 11.1 Å². The van der Waals surface area contributed by atoms with Crippen molar-refractivity contribution >= 4 is 5.97 Å². The molecule has 0 bridgehead atoms. The number of carbonyl (C=O) groups is 1. The van der Waals surface area contributed by atoms with Crippen LogP contribution in [0.4, 0.5) is 0 Å². The summed E-state index contributed by atoms with van der Waals surface area (Å²) in [6.07, 6.45) is -2.29.